The number of benzene rings is 1. The molecule has 3 nitrogen and oxygen atoms in total. The molecule has 0 aromatic heterocycles. The second kappa shape index (κ2) is 6.11. The third-order valence-electron chi connectivity index (χ3n) is 3.27. The van der Waals surface area contributed by atoms with E-state index in [-0.39, 0.29) is 17.7 Å². The minimum absolute atomic E-state index is 0.173. The van der Waals surface area contributed by atoms with Crippen LogP contribution in [0, 0.1) is 5.92 Å². The zero-order valence-corrected chi connectivity index (χ0v) is 10.0. The lowest BCUT2D eigenvalue weighted by molar-refractivity contribution is -0.0509. The zero-order valence-electron chi connectivity index (χ0n) is 10.0. The van der Waals surface area contributed by atoms with Gasteiger partial charge in [-0.2, -0.15) is 8.78 Å². The van der Waals surface area contributed by atoms with Crippen LogP contribution >= 0.6 is 0 Å². The molecule has 1 aromatic rings. The molecule has 18 heavy (non-hydrogen) atoms. The van der Waals surface area contributed by atoms with Gasteiger partial charge < -0.3 is 15.2 Å². The standard InChI is InChI=1S/C13H17F2NO2/c14-13(15)18-11-4-2-1-3-10(11)12(16)9-5-7-17-8-6-9/h1-4,9,12-13H,5-8,16H2/t12-/m0/s1. The molecule has 1 heterocycles. The van der Waals surface area contributed by atoms with Gasteiger partial charge in [-0.15, -0.1) is 0 Å². The van der Waals surface area contributed by atoms with E-state index >= 15 is 0 Å². The Morgan fingerprint density at radius 1 is 1.22 bits per heavy atom. The Morgan fingerprint density at radius 2 is 1.89 bits per heavy atom. The molecule has 2 N–H and O–H groups in total. The quantitative estimate of drug-likeness (QED) is 0.902. The van der Waals surface area contributed by atoms with Gasteiger partial charge in [-0.3, -0.25) is 0 Å². The van der Waals surface area contributed by atoms with Crippen molar-refractivity contribution in [2.45, 2.75) is 25.5 Å². The van der Waals surface area contributed by atoms with Crippen molar-refractivity contribution in [2.24, 2.45) is 11.7 Å². The van der Waals surface area contributed by atoms with Crippen molar-refractivity contribution in [3.63, 3.8) is 0 Å². The molecule has 100 valence electrons. The molecule has 0 saturated carbocycles. The van der Waals surface area contributed by atoms with Gasteiger partial charge >= 0.3 is 6.61 Å². The Labute approximate surface area is 105 Å². The third kappa shape index (κ3) is 3.17. The maximum atomic E-state index is 12.3. The van der Waals surface area contributed by atoms with E-state index < -0.39 is 6.61 Å². The minimum atomic E-state index is -2.83. The summed E-state index contributed by atoms with van der Waals surface area (Å²) in [7, 11) is 0. The Balaban J connectivity index is 2.15. The lowest BCUT2D eigenvalue weighted by atomic mass is 9.87. The Kier molecular flexibility index (Phi) is 4.49. The summed E-state index contributed by atoms with van der Waals surface area (Å²) in [6, 6.07) is 6.44. The van der Waals surface area contributed by atoms with Crippen LogP contribution in [0.15, 0.2) is 24.3 Å². The van der Waals surface area contributed by atoms with E-state index in [1.54, 1.807) is 18.2 Å². The minimum Gasteiger partial charge on any atom is -0.434 e. The Morgan fingerprint density at radius 3 is 2.56 bits per heavy atom. The van der Waals surface area contributed by atoms with Crippen molar-refractivity contribution in [1.82, 2.24) is 0 Å². The molecule has 1 saturated heterocycles. The van der Waals surface area contributed by atoms with E-state index in [0.29, 0.717) is 18.8 Å². The summed E-state index contributed by atoms with van der Waals surface area (Å²) in [5.41, 5.74) is 6.81. The molecule has 0 unspecified atom stereocenters. The first-order valence-corrected chi connectivity index (χ1v) is 6.05. The monoisotopic (exact) mass is 257 g/mol. The molecule has 1 aromatic carbocycles. The molecule has 1 aliphatic heterocycles. The maximum Gasteiger partial charge on any atom is 0.387 e. The second-order valence-electron chi connectivity index (χ2n) is 4.39. The van der Waals surface area contributed by atoms with Crippen LogP contribution < -0.4 is 10.5 Å². The van der Waals surface area contributed by atoms with Gasteiger partial charge in [0.15, 0.2) is 0 Å². The predicted molar refractivity (Wildman–Crippen MR) is 63.5 cm³/mol. The predicted octanol–water partition coefficient (Wildman–Crippen LogP) is 2.71. The summed E-state index contributed by atoms with van der Waals surface area (Å²) in [5, 5.41) is 0. The van der Waals surface area contributed by atoms with E-state index in [4.69, 9.17) is 10.5 Å². The molecule has 0 aliphatic carbocycles. The average Bonchev–Trinajstić information content (AvgIpc) is 2.39. The first-order valence-electron chi connectivity index (χ1n) is 6.05. The van der Waals surface area contributed by atoms with Crippen LogP contribution in [0.25, 0.3) is 0 Å². The van der Waals surface area contributed by atoms with Crippen LogP contribution in [0.2, 0.25) is 0 Å². The number of nitrogens with two attached hydrogens (primary N) is 1. The van der Waals surface area contributed by atoms with E-state index in [2.05, 4.69) is 4.74 Å². The largest absolute Gasteiger partial charge is 0.434 e. The first kappa shape index (κ1) is 13.2. The van der Waals surface area contributed by atoms with Gasteiger partial charge in [-0.25, -0.2) is 0 Å². The molecule has 0 spiro atoms. The highest BCUT2D eigenvalue weighted by Gasteiger charge is 2.25. The lowest BCUT2D eigenvalue weighted by Gasteiger charge is -2.28. The van der Waals surface area contributed by atoms with Crippen molar-refractivity contribution in [3.05, 3.63) is 29.8 Å². The van der Waals surface area contributed by atoms with E-state index in [0.717, 1.165) is 12.8 Å². The SMILES string of the molecule is N[C@H](c1ccccc1OC(F)F)C1CCOCC1. The molecule has 2 rings (SSSR count). The van der Waals surface area contributed by atoms with Crippen molar-refractivity contribution in [3.8, 4) is 5.75 Å². The average molecular weight is 257 g/mol. The topological polar surface area (TPSA) is 44.5 Å². The molecule has 1 atom stereocenters. The Bertz CT molecular complexity index is 381. The number of hydrogen-bond acceptors (Lipinski definition) is 3. The van der Waals surface area contributed by atoms with Crippen molar-refractivity contribution < 1.29 is 18.3 Å². The van der Waals surface area contributed by atoms with Gasteiger partial charge in [0.1, 0.15) is 5.75 Å². The lowest BCUT2D eigenvalue weighted by Crippen LogP contribution is -2.28. The van der Waals surface area contributed by atoms with Crippen LogP contribution in [-0.2, 0) is 4.74 Å². The van der Waals surface area contributed by atoms with Crippen LogP contribution in [0.1, 0.15) is 24.4 Å². The van der Waals surface area contributed by atoms with Crippen LogP contribution in [0.4, 0.5) is 8.78 Å². The fourth-order valence-electron chi connectivity index (χ4n) is 2.29. The normalized spacial score (nSPS) is 18.9. The first-order chi connectivity index (χ1) is 8.68. The molecule has 0 bridgehead atoms. The number of halogens is 2. The third-order valence-corrected chi connectivity index (χ3v) is 3.27. The molecule has 5 heteroatoms. The van der Waals surface area contributed by atoms with E-state index in [9.17, 15) is 8.78 Å². The molecule has 1 fully saturated rings. The Hall–Kier alpha value is -1.20. The summed E-state index contributed by atoms with van der Waals surface area (Å²) < 4.78 is 34.4. The number of hydrogen-bond donors (Lipinski definition) is 1. The highest BCUT2D eigenvalue weighted by atomic mass is 19.3. The smallest absolute Gasteiger partial charge is 0.387 e. The number of rotatable bonds is 4. The summed E-state index contributed by atoms with van der Waals surface area (Å²) in [6.07, 6.45) is 1.70. The van der Waals surface area contributed by atoms with Gasteiger partial charge in [0.2, 0.25) is 0 Å². The van der Waals surface area contributed by atoms with Gasteiger partial charge in [-0.05, 0) is 24.8 Å². The van der Waals surface area contributed by atoms with Gasteiger partial charge in [0.25, 0.3) is 0 Å². The molecular weight excluding hydrogens is 240 g/mol. The van der Waals surface area contributed by atoms with E-state index in [1.165, 1.54) is 6.07 Å². The van der Waals surface area contributed by atoms with Crippen molar-refractivity contribution in [2.75, 3.05) is 13.2 Å². The molecular formula is C13H17F2NO2. The van der Waals surface area contributed by atoms with Crippen molar-refractivity contribution >= 4 is 0 Å². The zero-order chi connectivity index (χ0) is 13.0. The van der Waals surface area contributed by atoms with Crippen LogP contribution in [0.5, 0.6) is 5.75 Å². The second-order valence-corrected chi connectivity index (χ2v) is 4.39. The molecule has 1 aliphatic rings. The highest BCUT2D eigenvalue weighted by Crippen LogP contribution is 2.33. The van der Waals surface area contributed by atoms with E-state index in [1.807, 2.05) is 0 Å². The number of alkyl halides is 2. The summed E-state index contributed by atoms with van der Waals surface area (Å²) in [5.74, 6) is 0.424. The number of para-hydroxylation sites is 1. The fourth-order valence-corrected chi connectivity index (χ4v) is 2.29. The molecule has 0 amide bonds. The van der Waals surface area contributed by atoms with Gasteiger partial charge in [-0.1, -0.05) is 18.2 Å². The van der Waals surface area contributed by atoms with Crippen molar-refractivity contribution in [1.29, 1.82) is 0 Å². The molecule has 0 radical (unpaired) electrons. The summed E-state index contributed by atoms with van der Waals surface area (Å²) in [4.78, 5) is 0. The summed E-state index contributed by atoms with van der Waals surface area (Å²) >= 11 is 0. The highest BCUT2D eigenvalue weighted by molar-refractivity contribution is 5.36. The number of ether oxygens (including phenoxy) is 2. The maximum absolute atomic E-state index is 12.3. The van der Waals surface area contributed by atoms with Gasteiger partial charge in [0, 0.05) is 24.8 Å². The van der Waals surface area contributed by atoms with Gasteiger partial charge in [0.05, 0.1) is 0 Å². The summed E-state index contributed by atoms with van der Waals surface area (Å²) in [6.45, 7) is -1.47. The van der Waals surface area contributed by atoms with Crippen LogP contribution in [0.3, 0.4) is 0 Å². The fraction of sp³-hybridized carbons (Fsp3) is 0.538. The van der Waals surface area contributed by atoms with Crippen LogP contribution in [-0.4, -0.2) is 19.8 Å².